The smallest absolute Gasteiger partial charge is 0.308 e. The molecular formula is C13H17N3O4. The number of aliphatic carboxylic acids is 1. The monoisotopic (exact) mass is 279 g/mol. The Hall–Kier alpha value is -2.18. The van der Waals surface area contributed by atoms with Gasteiger partial charge in [0.2, 0.25) is 5.95 Å². The van der Waals surface area contributed by atoms with E-state index in [0.717, 1.165) is 0 Å². The molecule has 1 aliphatic heterocycles. The van der Waals surface area contributed by atoms with Gasteiger partial charge in [-0.1, -0.05) is 0 Å². The number of rotatable bonds is 4. The van der Waals surface area contributed by atoms with Gasteiger partial charge in [-0.3, -0.25) is 9.59 Å². The van der Waals surface area contributed by atoms with E-state index in [4.69, 9.17) is 9.84 Å². The number of nitrogens with zero attached hydrogens (tertiary/aromatic N) is 3. The van der Waals surface area contributed by atoms with Crippen LogP contribution in [0.1, 0.15) is 18.4 Å². The third-order valence-corrected chi connectivity index (χ3v) is 3.36. The van der Waals surface area contributed by atoms with Crippen LogP contribution in [0.4, 0.5) is 5.95 Å². The topological polar surface area (TPSA) is 92.6 Å². The van der Waals surface area contributed by atoms with Crippen molar-refractivity contribution < 1.29 is 19.4 Å². The van der Waals surface area contributed by atoms with E-state index in [1.165, 1.54) is 19.5 Å². The highest BCUT2D eigenvalue weighted by Gasteiger charge is 2.26. The first-order valence-electron chi connectivity index (χ1n) is 6.45. The predicted octanol–water partition coefficient (Wildman–Crippen LogP) is 0.493. The van der Waals surface area contributed by atoms with E-state index in [0.29, 0.717) is 37.4 Å². The second kappa shape index (κ2) is 6.31. The molecule has 0 radical (unpaired) electrons. The summed E-state index contributed by atoms with van der Waals surface area (Å²) in [5.74, 6) is -0.549. The first-order valence-corrected chi connectivity index (χ1v) is 6.45. The highest BCUT2D eigenvalue weighted by molar-refractivity contribution is 5.72. The number of anilines is 1. The van der Waals surface area contributed by atoms with Crippen LogP contribution in [0.2, 0.25) is 0 Å². The maximum Gasteiger partial charge on any atom is 0.308 e. The first-order chi connectivity index (χ1) is 9.60. The van der Waals surface area contributed by atoms with Gasteiger partial charge < -0.3 is 14.7 Å². The lowest BCUT2D eigenvalue weighted by Gasteiger charge is -2.30. The molecule has 0 aromatic carbocycles. The molecular weight excluding hydrogens is 262 g/mol. The molecule has 108 valence electrons. The largest absolute Gasteiger partial charge is 0.481 e. The van der Waals surface area contributed by atoms with Crippen molar-refractivity contribution in [3.8, 4) is 0 Å². The molecule has 2 heterocycles. The molecule has 0 unspecified atom stereocenters. The van der Waals surface area contributed by atoms with Crippen LogP contribution in [0.25, 0.3) is 0 Å². The van der Waals surface area contributed by atoms with Crippen LogP contribution in [0.5, 0.6) is 0 Å². The normalized spacial score (nSPS) is 15.9. The fourth-order valence-corrected chi connectivity index (χ4v) is 2.26. The zero-order chi connectivity index (χ0) is 14.5. The van der Waals surface area contributed by atoms with Gasteiger partial charge in [0.25, 0.3) is 0 Å². The molecule has 0 spiro atoms. The highest BCUT2D eigenvalue weighted by Crippen LogP contribution is 2.21. The number of aromatic nitrogens is 2. The molecule has 0 atom stereocenters. The lowest BCUT2D eigenvalue weighted by molar-refractivity contribution is -0.146. The molecule has 7 nitrogen and oxygen atoms in total. The number of ether oxygens (including phenoxy) is 1. The number of carbonyl (C=O) groups is 2. The van der Waals surface area contributed by atoms with Crippen molar-refractivity contribution in [3.63, 3.8) is 0 Å². The molecule has 1 aromatic heterocycles. The van der Waals surface area contributed by atoms with Gasteiger partial charge in [0, 0.05) is 31.0 Å². The van der Waals surface area contributed by atoms with Crippen LogP contribution in [-0.2, 0) is 20.7 Å². The number of hydrogen-bond donors (Lipinski definition) is 1. The molecule has 0 aliphatic carbocycles. The maximum atomic E-state index is 11.4. The van der Waals surface area contributed by atoms with Crippen molar-refractivity contribution in [3.05, 3.63) is 18.0 Å². The number of carboxylic acid groups (broad SMARTS) is 1. The minimum absolute atomic E-state index is 0.0532. The van der Waals surface area contributed by atoms with Crippen molar-refractivity contribution in [2.45, 2.75) is 19.3 Å². The van der Waals surface area contributed by atoms with E-state index >= 15 is 0 Å². The Kier molecular flexibility index (Phi) is 4.49. The van der Waals surface area contributed by atoms with E-state index in [-0.39, 0.29) is 18.3 Å². The van der Waals surface area contributed by atoms with Crippen LogP contribution in [-0.4, -0.2) is 47.2 Å². The molecule has 20 heavy (non-hydrogen) atoms. The molecule has 1 aliphatic rings. The summed E-state index contributed by atoms with van der Waals surface area (Å²) in [6.07, 6.45) is 4.41. The fraction of sp³-hybridized carbons (Fsp3) is 0.538. The SMILES string of the molecule is COC(=O)C1CCN(c2ncc(CC(=O)O)cn2)CC1. The summed E-state index contributed by atoms with van der Waals surface area (Å²) in [5, 5.41) is 8.68. The summed E-state index contributed by atoms with van der Waals surface area (Å²) >= 11 is 0. The molecule has 1 fully saturated rings. The minimum Gasteiger partial charge on any atom is -0.481 e. The average Bonchev–Trinajstić information content (AvgIpc) is 2.47. The van der Waals surface area contributed by atoms with E-state index in [2.05, 4.69) is 9.97 Å². The number of carbonyl (C=O) groups excluding carboxylic acids is 1. The van der Waals surface area contributed by atoms with Crippen molar-refractivity contribution in [2.24, 2.45) is 5.92 Å². The number of piperidine rings is 1. The number of methoxy groups -OCH3 is 1. The van der Waals surface area contributed by atoms with Gasteiger partial charge >= 0.3 is 11.9 Å². The first kappa shape index (κ1) is 14.2. The molecule has 1 N–H and O–H groups in total. The Morgan fingerprint density at radius 1 is 1.35 bits per heavy atom. The van der Waals surface area contributed by atoms with Crippen molar-refractivity contribution in [1.82, 2.24) is 9.97 Å². The van der Waals surface area contributed by atoms with Gasteiger partial charge in [-0.15, -0.1) is 0 Å². The summed E-state index contributed by atoms with van der Waals surface area (Å²) in [7, 11) is 1.40. The van der Waals surface area contributed by atoms with Gasteiger partial charge in [0.15, 0.2) is 0 Å². The molecule has 0 amide bonds. The number of esters is 1. The molecule has 0 bridgehead atoms. The average molecular weight is 279 g/mol. The summed E-state index contributed by atoms with van der Waals surface area (Å²) in [5.41, 5.74) is 0.575. The highest BCUT2D eigenvalue weighted by atomic mass is 16.5. The van der Waals surface area contributed by atoms with E-state index in [9.17, 15) is 9.59 Å². The lowest BCUT2D eigenvalue weighted by atomic mass is 9.97. The van der Waals surface area contributed by atoms with E-state index < -0.39 is 5.97 Å². The molecule has 1 saturated heterocycles. The Morgan fingerprint density at radius 2 is 1.95 bits per heavy atom. The zero-order valence-corrected chi connectivity index (χ0v) is 11.3. The van der Waals surface area contributed by atoms with Crippen molar-refractivity contribution >= 4 is 17.9 Å². The molecule has 0 saturated carbocycles. The summed E-state index contributed by atoms with van der Waals surface area (Å²) in [6.45, 7) is 1.39. The Morgan fingerprint density at radius 3 is 2.45 bits per heavy atom. The van der Waals surface area contributed by atoms with Gasteiger partial charge in [-0.2, -0.15) is 0 Å². The van der Waals surface area contributed by atoms with Gasteiger partial charge in [-0.25, -0.2) is 9.97 Å². The standard InChI is InChI=1S/C13H17N3O4/c1-20-12(19)10-2-4-16(5-3-10)13-14-7-9(8-15-13)6-11(17)18/h7-8,10H,2-6H2,1H3,(H,17,18). The lowest BCUT2D eigenvalue weighted by Crippen LogP contribution is -2.37. The number of carboxylic acids is 1. The summed E-state index contributed by atoms with van der Waals surface area (Å²) < 4.78 is 4.74. The van der Waals surface area contributed by atoms with E-state index in [1.54, 1.807) is 0 Å². The minimum atomic E-state index is -0.903. The molecule has 2 rings (SSSR count). The quantitative estimate of drug-likeness (QED) is 0.802. The van der Waals surface area contributed by atoms with Crippen molar-refractivity contribution in [2.75, 3.05) is 25.1 Å². The molecule has 1 aromatic rings. The van der Waals surface area contributed by atoms with Gasteiger partial charge in [0.05, 0.1) is 19.4 Å². The van der Waals surface area contributed by atoms with Crippen LogP contribution in [0.3, 0.4) is 0 Å². The van der Waals surface area contributed by atoms with Gasteiger partial charge in [0.1, 0.15) is 0 Å². The Bertz CT molecular complexity index is 481. The second-order valence-corrected chi connectivity index (χ2v) is 4.75. The summed E-state index contributed by atoms with van der Waals surface area (Å²) in [6, 6.07) is 0. The number of hydrogen-bond acceptors (Lipinski definition) is 6. The van der Waals surface area contributed by atoms with Crippen LogP contribution < -0.4 is 4.90 Å². The van der Waals surface area contributed by atoms with Gasteiger partial charge in [-0.05, 0) is 12.8 Å². The van der Waals surface area contributed by atoms with Crippen molar-refractivity contribution in [1.29, 1.82) is 0 Å². The Labute approximate surface area is 116 Å². The second-order valence-electron chi connectivity index (χ2n) is 4.75. The summed E-state index contributed by atoms with van der Waals surface area (Å²) in [4.78, 5) is 32.4. The van der Waals surface area contributed by atoms with Crippen LogP contribution in [0, 0.1) is 5.92 Å². The third-order valence-electron chi connectivity index (χ3n) is 3.36. The predicted molar refractivity (Wildman–Crippen MR) is 70.3 cm³/mol. The van der Waals surface area contributed by atoms with Crippen LogP contribution in [0.15, 0.2) is 12.4 Å². The Balaban J connectivity index is 1.93. The van der Waals surface area contributed by atoms with E-state index in [1.807, 2.05) is 4.90 Å². The van der Waals surface area contributed by atoms with Crippen LogP contribution >= 0.6 is 0 Å². The maximum absolute atomic E-state index is 11.4. The fourth-order valence-electron chi connectivity index (χ4n) is 2.26. The third kappa shape index (κ3) is 3.43. The zero-order valence-electron chi connectivity index (χ0n) is 11.3. The molecule has 7 heteroatoms.